The van der Waals surface area contributed by atoms with E-state index in [4.69, 9.17) is 5.14 Å². The minimum atomic E-state index is -3.56. The Hall–Kier alpha value is -0.170. The van der Waals surface area contributed by atoms with Crippen molar-refractivity contribution in [1.82, 2.24) is 9.62 Å². The Kier molecular flexibility index (Phi) is 3.88. The van der Waals surface area contributed by atoms with Crippen molar-refractivity contribution in [3.63, 3.8) is 0 Å². The third-order valence-corrected chi connectivity index (χ3v) is 3.78. The molecule has 84 valence electrons. The number of rotatable bonds is 3. The first-order chi connectivity index (χ1) is 6.43. The van der Waals surface area contributed by atoms with E-state index < -0.39 is 10.2 Å². The van der Waals surface area contributed by atoms with Gasteiger partial charge in [0.25, 0.3) is 10.2 Å². The van der Waals surface area contributed by atoms with Crippen molar-refractivity contribution in [2.45, 2.75) is 38.8 Å². The fourth-order valence-corrected chi connectivity index (χ4v) is 3.20. The van der Waals surface area contributed by atoms with Crippen LogP contribution in [-0.2, 0) is 10.2 Å². The molecule has 3 N–H and O–H groups in total. The van der Waals surface area contributed by atoms with Gasteiger partial charge in [0, 0.05) is 12.1 Å². The van der Waals surface area contributed by atoms with Crippen LogP contribution in [-0.4, -0.2) is 37.9 Å². The first-order valence-corrected chi connectivity index (χ1v) is 6.45. The molecule has 0 saturated carbocycles. The lowest BCUT2D eigenvalue weighted by atomic mass is 10.1. The maximum absolute atomic E-state index is 11.4. The monoisotopic (exact) mass is 221 g/mol. The molecule has 14 heavy (non-hydrogen) atoms. The third-order valence-electron chi connectivity index (χ3n) is 2.47. The summed E-state index contributed by atoms with van der Waals surface area (Å²) in [5, 5.41) is 8.39. The maximum atomic E-state index is 11.4. The highest BCUT2D eigenvalue weighted by Crippen LogP contribution is 2.17. The minimum absolute atomic E-state index is 0.0613. The smallest absolute Gasteiger partial charge is 0.277 e. The summed E-state index contributed by atoms with van der Waals surface area (Å²) in [6, 6.07) is -0.000602. The quantitative estimate of drug-likeness (QED) is 0.684. The van der Waals surface area contributed by atoms with Crippen molar-refractivity contribution in [2.75, 3.05) is 13.1 Å². The van der Waals surface area contributed by atoms with Gasteiger partial charge in [-0.05, 0) is 39.8 Å². The summed E-state index contributed by atoms with van der Waals surface area (Å²) in [6.45, 7) is 5.44. The zero-order chi connectivity index (χ0) is 10.8. The molecule has 0 aromatic heterocycles. The third kappa shape index (κ3) is 2.91. The van der Waals surface area contributed by atoms with E-state index in [-0.39, 0.29) is 12.1 Å². The van der Waals surface area contributed by atoms with Crippen LogP contribution in [0, 0.1) is 0 Å². The van der Waals surface area contributed by atoms with Crippen LogP contribution in [0.1, 0.15) is 26.7 Å². The lowest BCUT2D eigenvalue weighted by Gasteiger charge is -2.34. The molecule has 6 heteroatoms. The fraction of sp³-hybridized carbons (Fsp3) is 1.00. The Morgan fingerprint density at radius 3 is 2.21 bits per heavy atom. The SMILES string of the molecule is CC(C)N(C1CCNCC1)S(N)(=O)=O. The van der Waals surface area contributed by atoms with Crippen molar-refractivity contribution < 1.29 is 8.42 Å². The molecule has 1 aliphatic heterocycles. The van der Waals surface area contributed by atoms with Gasteiger partial charge in [-0.1, -0.05) is 0 Å². The molecule has 1 rings (SSSR count). The van der Waals surface area contributed by atoms with Crippen LogP contribution in [0.5, 0.6) is 0 Å². The lowest BCUT2D eigenvalue weighted by molar-refractivity contribution is 0.227. The molecule has 0 aliphatic carbocycles. The molecule has 0 radical (unpaired) electrons. The van der Waals surface area contributed by atoms with E-state index in [1.54, 1.807) is 0 Å². The highest BCUT2D eigenvalue weighted by atomic mass is 32.2. The Bertz CT molecular complexity index is 270. The van der Waals surface area contributed by atoms with E-state index in [1.165, 1.54) is 4.31 Å². The predicted octanol–water partition coefficient (Wildman–Crippen LogP) is -0.348. The molecule has 0 aromatic rings. The van der Waals surface area contributed by atoms with Gasteiger partial charge in [-0.3, -0.25) is 0 Å². The van der Waals surface area contributed by atoms with Gasteiger partial charge in [0.1, 0.15) is 0 Å². The number of hydrogen-bond donors (Lipinski definition) is 2. The van der Waals surface area contributed by atoms with Crippen LogP contribution in [0.15, 0.2) is 0 Å². The molecule has 0 aromatic carbocycles. The van der Waals surface area contributed by atoms with Gasteiger partial charge in [0.2, 0.25) is 0 Å². The van der Waals surface area contributed by atoms with Crippen LogP contribution >= 0.6 is 0 Å². The molecular weight excluding hydrogens is 202 g/mol. The molecule has 1 heterocycles. The van der Waals surface area contributed by atoms with Crippen LogP contribution in [0.3, 0.4) is 0 Å². The summed E-state index contributed by atoms with van der Waals surface area (Å²) in [5.41, 5.74) is 0. The second-order valence-electron chi connectivity index (χ2n) is 3.95. The molecule has 0 atom stereocenters. The van der Waals surface area contributed by atoms with E-state index in [1.807, 2.05) is 13.8 Å². The van der Waals surface area contributed by atoms with E-state index in [9.17, 15) is 8.42 Å². The molecule has 1 fully saturated rings. The number of piperidine rings is 1. The number of hydrogen-bond acceptors (Lipinski definition) is 3. The van der Waals surface area contributed by atoms with Gasteiger partial charge in [0.05, 0.1) is 0 Å². The Balaban J connectivity index is 2.76. The zero-order valence-electron chi connectivity index (χ0n) is 8.73. The lowest BCUT2D eigenvalue weighted by Crippen LogP contribution is -2.51. The molecule has 0 bridgehead atoms. The fourth-order valence-electron chi connectivity index (χ4n) is 1.98. The van der Waals surface area contributed by atoms with Crippen molar-refractivity contribution in [1.29, 1.82) is 0 Å². The summed E-state index contributed by atoms with van der Waals surface area (Å²) in [5.74, 6) is 0. The first kappa shape index (κ1) is 11.9. The molecule has 0 unspecified atom stereocenters. The normalized spacial score (nSPS) is 20.6. The van der Waals surface area contributed by atoms with E-state index in [0.29, 0.717) is 0 Å². The highest BCUT2D eigenvalue weighted by Gasteiger charge is 2.30. The van der Waals surface area contributed by atoms with Crippen molar-refractivity contribution in [2.24, 2.45) is 5.14 Å². The maximum Gasteiger partial charge on any atom is 0.277 e. The number of nitrogens with zero attached hydrogens (tertiary/aromatic N) is 1. The topological polar surface area (TPSA) is 75.4 Å². The highest BCUT2D eigenvalue weighted by molar-refractivity contribution is 7.86. The standard InChI is InChI=1S/C8H19N3O2S/c1-7(2)11(14(9,12)13)8-3-5-10-6-4-8/h7-8,10H,3-6H2,1-2H3,(H2,9,12,13). The summed E-state index contributed by atoms with van der Waals surface area (Å²) in [4.78, 5) is 0. The van der Waals surface area contributed by atoms with Gasteiger partial charge in [-0.15, -0.1) is 0 Å². The summed E-state index contributed by atoms with van der Waals surface area (Å²) < 4.78 is 24.1. The molecule has 1 saturated heterocycles. The van der Waals surface area contributed by atoms with Crippen LogP contribution in [0.2, 0.25) is 0 Å². The van der Waals surface area contributed by atoms with Crippen LogP contribution < -0.4 is 10.5 Å². The zero-order valence-corrected chi connectivity index (χ0v) is 9.55. The predicted molar refractivity (Wildman–Crippen MR) is 56.0 cm³/mol. The van der Waals surface area contributed by atoms with Gasteiger partial charge < -0.3 is 5.32 Å². The Morgan fingerprint density at radius 1 is 1.36 bits per heavy atom. The summed E-state index contributed by atoms with van der Waals surface area (Å²) in [6.07, 6.45) is 1.68. The molecule has 0 amide bonds. The van der Waals surface area contributed by atoms with E-state index >= 15 is 0 Å². The molecule has 0 spiro atoms. The average molecular weight is 221 g/mol. The number of nitrogens with one attached hydrogen (secondary N) is 1. The largest absolute Gasteiger partial charge is 0.317 e. The van der Waals surface area contributed by atoms with Gasteiger partial charge in [-0.2, -0.15) is 12.7 Å². The van der Waals surface area contributed by atoms with E-state index in [0.717, 1.165) is 25.9 Å². The second-order valence-corrected chi connectivity index (χ2v) is 5.40. The van der Waals surface area contributed by atoms with Gasteiger partial charge >= 0.3 is 0 Å². The molecule has 1 aliphatic rings. The summed E-state index contributed by atoms with van der Waals surface area (Å²) >= 11 is 0. The first-order valence-electron chi connectivity index (χ1n) is 4.95. The van der Waals surface area contributed by atoms with Crippen LogP contribution in [0.4, 0.5) is 0 Å². The number of nitrogens with two attached hydrogens (primary N) is 1. The van der Waals surface area contributed by atoms with Crippen molar-refractivity contribution in [3.05, 3.63) is 0 Å². The molecule has 5 nitrogen and oxygen atoms in total. The van der Waals surface area contributed by atoms with Crippen LogP contribution in [0.25, 0.3) is 0 Å². The summed E-state index contributed by atoms with van der Waals surface area (Å²) in [7, 11) is -3.56. The molecular formula is C8H19N3O2S. The van der Waals surface area contributed by atoms with Crippen molar-refractivity contribution in [3.8, 4) is 0 Å². The Labute approximate surface area is 85.8 Å². The minimum Gasteiger partial charge on any atom is -0.317 e. The van der Waals surface area contributed by atoms with Gasteiger partial charge in [-0.25, -0.2) is 5.14 Å². The Morgan fingerprint density at radius 2 is 1.86 bits per heavy atom. The average Bonchev–Trinajstić information content (AvgIpc) is 2.02. The van der Waals surface area contributed by atoms with Gasteiger partial charge in [0.15, 0.2) is 0 Å². The van der Waals surface area contributed by atoms with E-state index in [2.05, 4.69) is 5.32 Å². The van der Waals surface area contributed by atoms with Crippen molar-refractivity contribution >= 4 is 10.2 Å². The second kappa shape index (κ2) is 4.57.